The van der Waals surface area contributed by atoms with Crippen molar-refractivity contribution in [1.82, 2.24) is 0 Å². The molecule has 2 N–H and O–H groups in total. The number of nitrogens with one attached hydrogen (secondary N) is 2. The zero-order valence-corrected chi connectivity index (χ0v) is 14.0. The second-order valence-corrected chi connectivity index (χ2v) is 5.77. The molecule has 0 aliphatic heterocycles. The van der Waals surface area contributed by atoms with Crippen LogP contribution in [0, 0.1) is 0 Å². The van der Waals surface area contributed by atoms with Crippen LogP contribution in [0.1, 0.15) is 5.56 Å². The highest BCUT2D eigenvalue weighted by Crippen LogP contribution is 2.26. The highest BCUT2D eigenvalue weighted by molar-refractivity contribution is 5.78. The molecule has 0 amide bonds. The third-order valence-corrected chi connectivity index (χ3v) is 3.83. The molecule has 0 atom stereocenters. The Morgan fingerprint density at radius 2 is 1.48 bits per heavy atom. The average Bonchev–Trinajstić information content (AvgIpc) is 2.64. The molecule has 8 heteroatoms. The molecule has 0 fully saturated rings. The standard InChI is InChI=1S/C19H15F3N2O3/c20-19(21,22)27-14-8-6-13(7-9-14)24-16-15(17(25)18(16)26)23-11-10-12-4-2-1-3-5-12/h1-9,23-24H,10-11H2. The van der Waals surface area contributed by atoms with Crippen molar-refractivity contribution < 1.29 is 17.9 Å². The smallest absolute Gasteiger partial charge is 0.406 e. The van der Waals surface area contributed by atoms with Gasteiger partial charge in [0.05, 0.1) is 0 Å². The maximum Gasteiger partial charge on any atom is 0.573 e. The lowest BCUT2D eigenvalue weighted by Crippen LogP contribution is -2.37. The molecule has 0 saturated heterocycles. The first-order chi connectivity index (χ1) is 12.8. The van der Waals surface area contributed by atoms with Gasteiger partial charge in [-0.2, -0.15) is 0 Å². The largest absolute Gasteiger partial charge is 0.573 e. The second kappa shape index (κ2) is 7.53. The van der Waals surface area contributed by atoms with Crippen molar-refractivity contribution in [1.29, 1.82) is 0 Å². The first kappa shape index (κ1) is 18.5. The Bertz CT molecular complexity index is 976. The molecular formula is C19H15F3N2O3. The zero-order chi connectivity index (χ0) is 19.4. The molecule has 0 radical (unpaired) electrons. The Labute approximate surface area is 152 Å². The van der Waals surface area contributed by atoms with Crippen LogP contribution in [0.5, 0.6) is 5.75 Å². The van der Waals surface area contributed by atoms with E-state index in [1.54, 1.807) is 0 Å². The van der Waals surface area contributed by atoms with E-state index in [0.29, 0.717) is 18.7 Å². The molecule has 0 saturated carbocycles. The van der Waals surface area contributed by atoms with Gasteiger partial charge in [0.25, 0.3) is 10.9 Å². The number of ether oxygens (including phenoxy) is 1. The fourth-order valence-corrected chi connectivity index (χ4v) is 2.54. The van der Waals surface area contributed by atoms with Crippen LogP contribution >= 0.6 is 0 Å². The molecule has 27 heavy (non-hydrogen) atoms. The van der Waals surface area contributed by atoms with E-state index in [-0.39, 0.29) is 17.1 Å². The van der Waals surface area contributed by atoms with Crippen molar-refractivity contribution in [3.8, 4) is 5.75 Å². The van der Waals surface area contributed by atoms with Gasteiger partial charge in [-0.05, 0) is 36.2 Å². The third-order valence-electron chi connectivity index (χ3n) is 3.83. The van der Waals surface area contributed by atoms with Crippen molar-refractivity contribution in [2.45, 2.75) is 12.8 Å². The lowest BCUT2D eigenvalue weighted by atomic mass is 10.1. The normalized spacial score (nSPS) is 11.4. The minimum Gasteiger partial charge on any atom is -0.406 e. The average molecular weight is 376 g/mol. The summed E-state index contributed by atoms with van der Waals surface area (Å²) in [6, 6.07) is 14.5. The van der Waals surface area contributed by atoms with Gasteiger partial charge in [0.1, 0.15) is 17.1 Å². The predicted octanol–water partition coefficient (Wildman–Crippen LogP) is 3.58. The van der Waals surface area contributed by atoms with Crippen LogP contribution in [-0.2, 0) is 6.42 Å². The van der Waals surface area contributed by atoms with Gasteiger partial charge in [-0.3, -0.25) is 9.59 Å². The Morgan fingerprint density at radius 3 is 2.11 bits per heavy atom. The molecule has 5 nitrogen and oxygen atoms in total. The maximum atomic E-state index is 12.2. The first-order valence-corrected chi connectivity index (χ1v) is 8.07. The quantitative estimate of drug-likeness (QED) is 0.617. The topological polar surface area (TPSA) is 67.4 Å². The Hall–Kier alpha value is -3.29. The molecule has 0 aromatic heterocycles. The SMILES string of the molecule is O=c1c(NCCc2ccccc2)c(Nc2ccc(OC(F)(F)F)cc2)c1=O. The Morgan fingerprint density at radius 1 is 0.852 bits per heavy atom. The summed E-state index contributed by atoms with van der Waals surface area (Å²) in [6.07, 6.45) is -4.10. The summed E-state index contributed by atoms with van der Waals surface area (Å²) < 4.78 is 40.3. The molecule has 0 bridgehead atoms. The Balaban J connectivity index is 1.63. The summed E-state index contributed by atoms with van der Waals surface area (Å²) >= 11 is 0. The summed E-state index contributed by atoms with van der Waals surface area (Å²) in [7, 11) is 0. The van der Waals surface area contributed by atoms with Crippen molar-refractivity contribution in [2.75, 3.05) is 17.2 Å². The van der Waals surface area contributed by atoms with Gasteiger partial charge in [0, 0.05) is 12.2 Å². The van der Waals surface area contributed by atoms with E-state index >= 15 is 0 Å². The van der Waals surface area contributed by atoms with Crippen molar-refractivity contribution in [3.05, 3.63) is 80.6 Å². The van der Waals surface area contributed by atoms with Crippen LogP contribution in [0.2, 0.25) is 0 Å². The Kier molecular flexibility index (Phi) is 5.16. The molecule has 0 heterocycles. The third kappa shape index (κ3) is 4.66. The highest BCUT2D eigenvalue weighted by Gasteiger charge is 2.31. The molecule has 140 valence electrons. The molecule has 0 aliphatic carbocycles. The van der Waals surface area contributed by atoms with Gasteiger partial charge in [-0.25, -0.2) is 0 Å². The fraction of sp³-hybridized carbons (Fsp3) is 0.158. The fourth-order valence-electron chi connectivity index (χ4n) is 2.54. The minimum absolute atomic E-state index is 0.0950. The molecule has 0 spiro atoms. The van der Waals surface area contributed by atoms with E-state index in [4.69, 9.17) is 0 Å². The van der Waals surface area contributed by atoms with Crippen molar-refractivity contribution in [3.63, 3.8) is 0 Å². The van der Waals surface area contributed by atoms with E-state index in [2.05, 4.69) is 15.4 Å². The maximum absolute atomic E-state index is 12.2. The van der Waals surface area contributed by atoms with Gasteiger partial charge in [-0.1, -0.05) is 30.3 Å². The number of anilines is 3. The van der Waals surface area contributed by atoms with Crippen molar-refractivity contribution in [2.24, 2.45) is 0 Å². The van der Waals surface area contributed by atoms with Crippen LogP contribution in [0.4, 0.5) is 30.2 Å². The highest BCUT2D eigenvalue weighted by atomic mass is 19.4. The van der Waals surface area contributed by atoms with E-state index in [0.717, 1.165) is 17.7 Å². The molecule has 0 unspecified atom stereocenters. The number of rotatable bonds is 7. The number of alkyl halides is 3. The van der Waals surface area contributed by atoms with Crippen LogP contribution in [0.25, 0.3) is 0 Å². The molecule has 0 aliphatic rings. The lowest BCUT2D eigenvalue weighted by Gasteiger charge is -2.15. The summed E-state index contributed by atoms with van der Waals surface area (Å²) in [5, 5.41) is 5.69. The van der Waals surface area contributed by atoms with Crippen LogP contribution in [-0.4, -0.2) is 12.9 Å². The summed E-state index contributed by atoms with van der Waals surface area (Å²) in [4.78, 5) is 23.5. The molecule has 3 rings (SSSR count). The summed E-state index contributed by atoms with van der Waals surface area (Å²) in [5.74, 6) is -0.376. The summed E-state index contributed by atoms with van der Waals surface area (Å²) in [5.41, 5.74) is 0.417. The monoisotopic (exact) mass is 376 g/mol. The minimum atomic E-state index is -4.77. The lowest BCUT2D eigenvalue weighted by molar-refractivity contribution is -0.274. The van der Waals surface area contributed by atoms with Gasteiger partial charge < -0.3 is 15.4 Å². The molecule has 3 aromatic carbocycles. The number of hydrogen-bond donors (Lipinski definition) is 2. The van der Waals surface area contributed by atoms with Crippen LogP contribution < -0.4 is 26.2 Å². The molecule has 3 aromatic rings. The predicted molar refractivity (Wildman–Crippen MR) is 96.4 cm³/mol. The van der Waals surface area contributed by atoms with Crippen molar-refractivity contribution >= 4 is 17.1 Å². The van der Waals surface area contributed by atoms with E-state index in [1.165, 1.54) is 12.1 Å². The van der Waals surface area contributed by atoms with E-state index < -0.39 is 17.2 Å². The van der Waals surface area contributed by atoms with Crippen LogP contribution in [0.15, 0.2) is 64.2 Å². The number of halogens is 3. The number of benzene rings is 2. The van der Waals surface area contributed by atoms with Gasteiger partial charge in [0.15, 0.2) is 0 Å². The number of hydrogen-bond acceptors (Lipinski definition) is 5. The molecular weight excluding hydrogens is 361 g/mol. The van der Waals surface area contributed by atoms with Gasteiger partial charge in [0.2, 0.25) is 0 Å². The summed E-state index contributed by atoms with van der Waals surface area (Å²) in [6.45, 7) is 0.460. The zero-order valence-electron chi connectivity index (χ0n) is 14.0. The first-order valence-electron chi connectivity index (χ1n) is 8.07. The van der Waals surface area contributed by atoms with Crippen LogP contribution in [0.3, 0.4) is 0 Å². The second-order valence-electron chi connectivity index (χ2n) is 5.77. The van der Waals surface area contributed by atoms with E-state index in [1.807, 2.05) is 30.3 Å². The van der Waals surface area contributed by atoms with E-state index in [9.17, 15) is 22.8 Å². The van der Waals surface area contributed by atoms with Gasteiger partial charge in [-0.15, -0.1) is 13.2 Å². The van der Waals surface area contributed by atoms with Gasteiger partial charge >= 0.3 is 6.36 Å².